The van der Waals surface area contributed by atoms with Gasteiger partial charge in [0.05, 0.1) is 37.3 Å². The van der Waals surface area contributed by atoms with Gasteiger partial charge in [0.25, 0.3) is 0 Å². The van der Waals surface area contributed by atoms with E-state index < -0.39 is 16.1 Å². The van der Waals surface area contributed by atoms with Crippen LogP contribution in [0.25, 0.3) is 11.0 Å². The molecule has 1 saturated heterocycles. The molecule has 2 aromatic heterocycles. The van der Waals surface area contributed by atoms with Crippen LogP contribution in [0.3, 0.4) is 0 Å². The van der Waals surface area contributed by atoms with Crippen LogP contribution in [-0.4, -0.2) is 82.9 Å². The first-order valence-electron chi connectivity index (χ1n) is 14.1. The number of amides is 1. The van der Waals surface area contributed by atoms with Gasteiger partial charge >= 0.3 is 6.09 Å². The molecule has 2 aliphatic rings. The minimum Gasteiger partial charge on any atom is -0.453 e. The highest BCUT2D eigenvalue weighted by Crippen LogP contribution is 2.35. The highest BCUT2D eigenvalue weighted by atomic mass is 32.2. The number of benzene rings is 2. The quantitative estimate of drug-likeness (QED) is 0.308. The first-order chi connectivity index (χ1) is 20.8. The van der Waals surface area contributed by atoms with Gasteiger partial charge in [-0.2, -0.15) is 9.57 Å². The third-order valence-electron chi connectivity index (χ3n) is 8.43. The molecule has 43 heavy (non-hydrogen) atoms. The largest absolute Gasteiger partial charge is 0.453 e. The number of carbonyl (C=O) groups is 1. The van der Waals surface area contributed by atoms with Crippen LogP contribution >= 0.6 is 0 Å². The van der Waals surface area contributed by atoms with Crippen molar-refractivity contribution in [2.24, 2.45) is 13.0 Å². The Morgan fingerprint density at radius 2 is 2.02 bits per heavy atom. The summed E-state index contributed by atoms with van der Waals surface area (Å²) < 4.78 is 42.5. The molecule has 0 bridgehead atoms. The Hall–Kier alpha value is -4.48. The normalized spacial score (nSPS) is 17.7. The molecule has 6 rings (SSSR count). The van der Waals surface area contributed by atoms with Crippen LogP contribution in [0.1, 0.15) is 29.7 Å². The summed E-state index contributed by atoms with van der Waals surface area (Å²) in [7, 11) is -0.803. The average Bonchev–Trinajstić information content (AvgIpc) is 3.67. The van der Waals surface area contributed by atoms with Gasteiger partial charge in [-0.05, 0) is 71.4 Å². The highest BCUT2D eigenvalue weighted by Gasteiger charge is 2.39. The third kappa shape index (κ3) is 5.53. The lowest BCUT2D eigenvalue weighted by Gasteiger charge is -2.42. The summed E-state index contributed by atoms with van der Waals surface area (Å²) in [6, 6.07) is 12.2. The van der Waals surface area contributed by atoms with Gasteiger partial charge in [0, 0.05) is 51.2 Å². The van der Waals surface area contributed by atoms with Crippen LogP contribution in [0.4, 0.5) is 10.5 Å². The first-order valence-corrected chi connectivity index (χ1v) is 15.5. The molecule has 0 spiro atoms. The zero-order valence-corrected chi connectivity index (χ0v) is 24.8. The Bertz CT molecular complexity index is 1790. The van der Waals surface area contributed by atoms with Crippen molar-refractivity contribution in [3.05, 3.63) is 65.7 Å². The first kappa shape index (κ1) is 28.6. The summed E-state index contributed by atoms with van der Waals surface area (Å²) in [4.78, 5) is 20.2. The summed E-state index contributed by atoms with van der Waals surface area (Å²) in [5, 5.41) is 17.4. The monoisotopic (exact) mass is 604 g/mol. The van der Waals surface area contributed by atoms with E-state index in [9.17, 15) is 18.5 Å². The summed E-state index contributed by atoms with van der Waals surface area (Å²) >= 11 is 0. The highest BCUT2D eigenvalue weighted by molar-refractivity contribution is 7.89. The molecule has 1 atom stereocenters. The maximum Gasteiger partial charge on any atom is 0.409 e. The molecule has 0 N–H and O–H groups in total. The van der Waals surface area contributed by atoms with Crippen molar-refractivity contribution in [2.75, 3.05) is 38.2 Å². The Morgan fingerprint density at radius 3 is 2.74 bits per heavy atom. The number of fused-ring (bicyclic) bond motifs is 2. The number of likely N-dealkylation sites (tertiary alicyclic amines) is 1. The second-order valence-electron chi connectivity index (χ2n) is 11.1. The molecule has 14 heteroatoms. The number of nitrogens with zero attached hydrogens (tertiary/aromatic N) is 8. The third-order valence-corrected chi connectivity index (χ3v) is 10.4. The number of aryl methyl sites for hydroxylation is 1. The van der Waals surface area contributed by atoms with Gasteiger partial charge in [-0.3, -0.25) is 0 Å². The number of rotatable bonds is 7. The molecule has 4 aromatic rings. The second kappa shape index (κ2) is 11.7. The number of carbonyl (C=O) groups excluding carboxylic acids is 1. The van der Waals surface area contributed by atoms with E-state index in [1.54, 1.807) is 39.9 Å². The maximum atomic E-state index is 14.6. The lowest BCUT2D eigenvalue weighted by molar-refractivity contribution is 0.101. The summed E-state index contributed by atoms with van der Waals surface area (Å²) in [5.74, 6) is 0.0164. The van der Waals surface area contributed by atoms with Gasteiger partial charge < -0.3 is 19.1 Å². The van der Waals surface area contributed by atoms with E-state index >= 15 is 0 Å². The number of methoxy groups -OCH3 is 1. The number of anilines is 1. The van der Waals surface area contributed by atoms with Crippen molar-refractivity contribution in [3.8, 4) is 6.07 Å². The van der Waals surface area contributed by atoms with E-state index in [2.05, 4.69) is 26.3 Å². The van der Waals surface area contributed by atoms with Gasteiger partial charge in [-0.25, -0.2) is 22.8 Å². The van der Waals surface area contributed by atoms with E-state index in [1.807, 2.05) is 23.7 Å². The van der Waals surface area contributed by atoms with Crippen LogP contribution in [0.15, 0.2) is 58.4 Å². The van der Waals surface area contributed by atoms with E-state index in [1.165, 1.54) is 13.2 Å². The predicted octanol–water partition coefficient (Wildman–Crippen LogP) is 2.93. The van der Waals surface area contributed by atoms with Crippen LogP contribution in [-0.2, 0) is 34.8 Å². The summed E-state index contributed by atoms with van der Waals surface area (Å²) in [5.41, 5.74) is 3.89. The number of hydrogen-bond acceptors (Lipinski definition) is 10. The molecule has 1 amide bonds. The zero-order chi connectivity index (χ0) is 30.1. The van der Waals surface area contributed by atoms with Crippen LogP contribution in [0.5, 0.6) is 0 Å². The minimum absolute atomic E-state index is 0.0164. The van der Waals surface area contributed by atoms with Gasteiger partial charge in [-0.1, -0.05) is 6.07 Å². The number of hydrogen-bond donors (Lipinski definition) is 0. The van der Waals surface area contributed by atoms with Crippen LogP contribution in [0.2, 0.25) is 0 Å². The van der Waals surface area contributed by atoms with E-state index in [0.29, 0.717) is 56.5 Å². The Kier molecular flexibility index (Phi) is 7.76. The van der Waals surface area contributed by atoms with Crippen molar-refractivity contribution in [3.63, 3.8) is 0 Å². The number of ether oxygens (including phenoxy) is 1. The second-order valence-corrected chi connectivity index (χ2v) is 12.9. The molecule has 4 heterocycles. The smallest absolute Gasteiger partial charge is 0.409 e. The maximum absolute atomic E-state index is 14.6. The summed E-state index contributed by atoms with van der Waals surface area (Å²) in [6.07, 6.45) is 4.86. The lowest BCUT2D eigenvalue weighted by atomic mass is 9.93. The van der Waals surface area contributed by atoms with Crippen LogP contribution in [0, 0.1) is 17.2 Å². The van der Waals surface area contributed by atoms with Crippen molar-refractivity contribution in [2.45, 2.75) is 36.7 Å². The molecular weight excluding hydrogens is 572 g/mol. The molecule has 2 aromatic carbocycles. The van der Waals surface area contributed by atoms with E-state index in [4.69, 9.17) is 9.37 Å². The molecular formula is C29H32N8O5S. The molecule has 1 unspecified atom stereocenters. The van der Waals surface area contributed by atoms with Gasteiger partial charge in [0.15, 0.2) is 5.52 Å². The van der Waals surface area contributed by atoms with Crippen molar-refractivity contribution >= 4 is 32.8 Å². The number of sulfonamides is 1. The number of aromatic nitrogens is 4. The molecule has 1 fully saturated rings. The average molecular weight is 605 g/mol. The fraction of sp³-hybridized carbons (Fsp3) is 0.414. The standard InChI is InChI=1S/C29H32N8O5S/c1-34-19-31-15-24(34)18-36-17-23(13-22-12-21(14-30)6-7-26(22)36)37(16-20-8-10-35(11-9-20)29(38)41-2)43(39,40)27-5-3-4-25-28(27)33-42-32-25/h3-7,12,15,19-20,23H,8-11,13,16-18H2,1-2H3. The van der Waals surface area contributed by atoms with Crippen molar-refractivity contribution in [1.82, 2.24) is 29.1 Å². The zero-order valence-electron chi connectivity index (χ0n) is 24.0. The predicted molar refractivity (Wildman–Crippen MR) is 155 cm³/mol. The molecule has 0 aliphatic carbocycles. The van der Waals surface area contributed by atoms with E-state index in [0.717, 1.165) is 16.9 Å². The van der Waals surface area contributed by atoms with Gasteiger partial charge in [0.1, 0.15) is 10.4 Å². The lowest BCUT2D eigenvalue weighted by Crippen LogP contribution is -2.53. The molecule has 0 saturated carbocycles. The van der Waals surface area contributed by atoms with E-state index in [-0.39, 0.29) is 29.0 Å². The molecule has 0 radical (unpaired) electrons. The number of nitriles is 1. The Labute approximate surface area is 249 Å². The summed E-state index contributed by atoms with van der Waals surface area (Å²) in [6.45, 7) is 2.17. The topological polar surface area (TPSA) is 151 Å². The van der Waals surface area contributed by atoms with Gasteiger partial charge in [-0.15, -0.1) is 0 Å². The van der Waals surface area contributed by atoms with Crippen molar-refractivity contribution < 1.29 is 22.6 Å². The molecule has 13 nitrogen and oxygen atoms in total. The fourth-order valence-corrected chi connectivity index (χ4v) is 7.94. The van der Waals surface area contributed by atoms with Gasteiger partial charge in [0.2, 0.25) is 10.0 Å². The Morgan fingerprint density at radius 1 is 1.21 bits per heavy atom. The number of piperidine rings is 1. The Balaban J connectivity index is 1.39. The molecule has 2 aliphatic heterocycles. The molecule has 224 valence electrons. The van der Waals surface area contributed by atoms with Crippen molar-refractivity contribution in [1.29, 1.82) is 5.26 Å². The minimum atomic E-state index is -4.09. The number of imidazole rings is 1. The fourth-order valence-electron chi connectivity index (χ4n) is 6.11. The SMILES string of the molecule is COC(=O)N1CCC(CN(C2Cc3cc(C#N)ccc3N(Cc3cncn3C)C2)S(=O)(=O)c2cccc3nonc23)CC1. The van der Waals surface area contributed by atoms with Crippen LogP contribution < -0.4 is 4.90 Å².